The molecule has 0 bridgehead atoms. The van der Waals surface area contributed by atoms with Crippen LogP contribution in [0, 0.1) is 5.92 Å². The predicted octanol–water partition coefficient (Wildman–Crippen LogP) is 1.65. The predicted molar refractivity (Wildman–Crippen MR) is 75.5 cm³/mol. The zero-order valence-corrected chi connectivity index (χ0v) is 12.0. The van der Waals surface area contributed by atoms with Crippen LogP contribution in [0.25, 0.3) is 0 Å². The average Bonchev–Trinajstić information content (AvgIpc) is 2.31. The molecule has 0 aromatic rings. The Morgan fingerprint density at radius 3 is 1.94 bits per heavy atom. The number of nitrogens with one attached hydrogen (secondary N) is 1. The first-order chi connectivity index (χ1) is 8.22. The van der Waals surface area contributed by atoms with E-state index < -0.39 is 0 Å². The first kappa shape index (κ1) is 14.9. The van der Waals surface area contributed by atoms with E-state index in [1.807, 2.05) is 7.05 Å². The van der Waals surface area contributed by atoms with Crippen molar-refractivity contribution in [3.05, 3.63) is 0 Å². The lowest BCUT2D eigenvalue weighted by Crippen LogP contribution is -2.47. The average molecular weight is 241 g/mol. The second-order valence-electron chi connectivity index (χ2n) is 5.68. The van der Waals surface area contributed by atoms with Crippen molar-refractivity contribution in [1.82, 2.24) is 15.1 Å². The highest BCUT2D eigenvalue weighted by Crippen LogP contribution is 2.07. The van der Waals surface area contributed by atoms with Crippen LogP contribution in [-0.2, 0) is 0 Å². The Balaban J connectivity index is 2.01. The molecule has 102 valence electrons. The Morgan fingerprint density at radius 1 is 0.941 bits per heavy atom. The second kappa shape index (κ2) is 8.90. The highest BCUT2D eigenvalue weighted by Gasteiger charge is 2.15. The zero-order chi connectivity index (χ0) is 12.5. The van der Waals surface area contributed by atoms with Crippen LogP contribution in [0.2, 0.25) is 0 Å². The van der Waals surface area contributed by atoms with E-state index in [4.69, 9.17) is 0 Å². The van der Waals surface area contributed by atoms with Crippen molar-refractivity contribution in [3.63, 3.8) is 0 Å². The van der Waals surface area contributed by atoms with Gasteiger partial charge < -0.3 is 15.1 Å². The summed E-state index contributed by atoms with van der Waals surface area (Å²) in [4.78, 5) is 5.24. The van der Waals surface area contributed by atoms with Gasteiger partial charge in [0.05, 0.1) is 0 Å². The molecular weight excluding hydrogens is 210 g/mol. The van der Waals surface area contributed by atoms with E-state index in [1.54, 1.807) is 0 Å². The molecule has 1 saturated heterocycles. The van der Waals surface area contributed by atoms with Gasteiger partial charge in [-0.1, -0.05) is 13.8 Å². The monoisotopic (exact) mass is 241 g/mol. The van der Waals surface area contributed by atoms with Crippen molar-refractivity contribution in [2.75, 3.05) is 52.9 Å². The van der Waals surface area contributed by atoms with E-state index in [0.717, 1.165) is 12.5 Å². The minimum absolute atomic E-state index is 0.859. The third kappa shape index (κ3) is 7.02. The summed E-state index contributed by atoms with van der Waals surface area (Å²) in [6.45, 7) is 13.4. The first-order valence-corrected chi connectivity index (χ1v) is 7.31. The van der Waals surface area contributed by atoms with Crippen LogP contribution in [0.1, 0.15) is 33.1 Å². The van der Waals surface area contributed by atoms with Crippen molar-refractivity contribution in [2.24, 2.45) is 5.92 Å². The summed E-state index contributed by atoms with van der Waals surface area (Å²) < 4.78 is 0. The summed E-state index contributed by atoms with van der Waals surface area (Å²) >= 11 is 0. The van der Waals surface area contributed by atoms with E-state index in [2.05, 4.69) is 29.0 Å². The third-order valence-electron chi connectivity index (χ3n) is 3.62. The van der Waals surface area contributed by atoms with Gasteiger partial charge in [-0.05, 0) is 51.9 Å². The molecule has 0 aromatic carbocycles. The minimum atomic E-state index is 0.859. The lowest BCUT2D eigenvalue weighted by molar-refractivity contribution is 0.129. The molecule has 1 N–H and O–H groups in total. The van der Waals surface area contributed by atoms with Gasteiger partial charge in [-0.15, -0.1) is 0 Å². The number of nitrogens with zero attached hydrogens (tertiary/aromatic N) is 2. The van der Waals surface area contributed by atoms with E-state index in [9.17, 15) is 0 Å². The Morgan fingerprint density at radius 2 is 1.47 bits per heavy atom. The largest absolute Gasteiger partial charge is 0.320 e. The maximum atomic E-state index is 3.22. The highest BCUT2D eigenvalue weighted by atomic mass is 15.3. The molecule has 0 aromatic heterocycles. The van der Waals surface area contributed by atoms with Crippen LogP contribution in [0.3, 0.4) is 0 Å². The smallest absolute Gasteiger partial charge is 0.0110 e. The Labute approximate surface area is 108 Å². The molecule has 1 rings (SSSR count). The van der Waals surface area contributed by atoms with Crippen LogP contribution in [0.15, 0.2) is 0 Å². The molecule has 1 heterocycles. The van der Waals surface area contributed by atoms with Gasteiger partial charge in [-0.2, -0.15) is 0 Å². The van der Waals surface area contributed by atoms with Crippen LogP contribution in [0.5, 0.6) is 0 Å². The second-order valence-corrected chi connectivity index (χ2v) is 5.68. The van der Waals surface area contributed by atoms with E-state index >= 15 is 0 Å². The summed E-state index contributed by atoms with van der Waals surface area (Å²) in [5, 5.41) is 3.22. The van der Waals surface area contributed by atoms with Gasteiger partial charge in [0.2, 0.25) is 0 Å². The molecule has 0 saturated carbocycles. The van der Waals surface area contributed by atoms with Crippen molar-refractivity contribution < 1.29 is 0 Å². The van der Waals surface area contributed by atoms with Crippen molar-refractivity contribution in [2.45, 2.75) is 33.1 Å². The van der Waals surface area contributed by atoms with Crippen LogP contribution < -0.4 is 5.32 Å². The molecule has 3 nitrogen and oxygen atoms in total. The fourth-order valence-electron chi connectivity index (χ4n) is 2.44. The molecule has 1 aliphatic rings. The molecule has 1 aliphatic heterocycles. The number of hydrogen-bond donors (Lipinski definition) is 1. The molecule has 17 heavy (non-hydrogen) atoms. The van der Waals surface area contributed by atoms with E-state index in [1.165, 1.54) is 58.5 Å². The van der Waals surface area contributed by atoms with Gasteiger partial charge >= 0.3 is 0 Å². The molecule has 0 unspecified atom stereocenters. The van der Waals surface area contributed by atoms with Crippen LogP contribution in [-0.4, -0.2) is 62.7 Å². The van der Waals surface area contributed by atoms with Gasteiger partial charge in [0.15, 0.2) is 0 Å². The van der Waals surface area contributed by atoms with Gasteiger partial charge in [0, 0.05) is 26.2 Å². The van der Waals surface area contributed by atoms with E-state index in [0.29, 0.717) is 0 Å². The molecular formula is C14H31N3. The van der Waals surface area contributed by atoms with Gasteiger partial charge in [-0.3, -0.25) is 0 Å². The molecule has 1 fully saturated rings. The molecule has 0 aliphatic carbocycles. The summed E-state index contributed by atoms with van der Waals surface area (Å²) in [5.41, 5.74) is 0. The highest BCUT2D eigenvalue weighted by molar-refractivity contribution is 4.72. The molecule has 0 radical (unpaired) electrons. The van der Waals surface area contributed by atoms with Gasteiger partial charge in [0.1, 0.15) is 0 Å². The maximum absolute atomic E-state index is 3.22. The van der Waals surface area contributed by atoms with Gasteiger partial charge in [0.25, 0.3) is 0 Å². The molecule has 0 amide bonds. The molecule has 0 atom stereocenters. The topological polar surface area (TPSA) is 18.5 Å². The Hall–Kier alpha value is -0.120. The SMILES string of the molecule is CNCCCN1CCN(CCCC(C)C)CC1. The standard InChI is InChI=1S/C14H31N3/c1-14(2)6-4-8-16-10-12-17(13-11-16)9-5-7-15-3/h14-15H,4-13H2,1-3H3. The van der Waals surface area contributed by atoms with Crippen molar-refractivity contribution in [3.8, 4) is 0 Å². The Bertz CT molecular complexity index is 174. The first-order valence-electron chi connectivity index (χ1n) is 7.31. The van der Waals surface area contributed by atoms with Crippen LogP contribution in [0.4, 0.5) is 0 Å². The van der Waals surface area contributed by atoms with Crippen molar-refractivity contribution >= 4 is 0 Å². The summed E-state index contributed by atoms with van der Waals surface area (Å²) in [6, 6.07) is 0. The molecule has 0 spiro atoms. The quantitative estimate of drug-likeness (QED) is 0.652. The van der Waals surface area contributed by atoms with Gasteiger partial charge in [-0.25, -0.2) is 0 Å². The maximum Gasteiger partial charge on any atom is 0.0110 e. The number of hydrogen-bond acceptors (Lipinski definition) is 3. The minimum Gasteiger partial charge on any atom is -0.320 e. The van der Waals surface area contributed by atoms with E-state index in [-0.39, 0.29) is 0 Å². The van der Waals surface area contributed by atoms with Crippen molar-refractivity contribution in [1.29, 1.82) is 0 Å². The fraction of sp³-hybridized carbons (Fsp3) is 1.00. The number of rotatable bonds is 8. The Kier molecular flexibility index (Phi) is 7.82. The third-order valence-corrected chi connectivity index (χ3v) is 3.62. The summed E-state index contributed by atoms with van der Waals surface area (Å²) in [6.07, 6.45) is 4.03. The normalized spacial score (nSPS) is 19.1. The lowest BCUT2D eigenvalue weighted by Gasteiger charge is -2.34. The summed E-state index contributed by atoms with van der Waals surface area (Å²) in [5.74, 6) is 0.859. The lowest BCUT2D eigenvalue weighted by atomic mass is 10.1. The zero-order valence-electron chi connectivity index (χ0n) is 12.0. The molecule has 3 heteroatoms. The van der Waals surface area contributed by atoms with Crippen LogP contribution >= 0.6 is 0 Å². The number of piperazine rings is 1. The fourth-order valence-corrected chi connectivity index (χ4v) is 2.44. The summed E-state index contributed by atoms with van der Waals surface area (Å²) in [7, 11) is 2.03.